The van der Waals surface area contributed by atoms with E-state index in [9.17, 15) is 9.59 Å². The SMILES string of the molecule is CCN(CC)C(=O)COc1ccc(C2C(C(=O)OC(C)C)=C(C)Nc3nnnn32)cc1OC. The average Bonchev–Trinajstić information content (AvgIpc) is 3.24. The van der Waals surface area contributed by atoms with Gasteiger partial charge in [0.2, 0.25) is 5.95 Å². The van der Waals surface area contributed by atoms with Gasteiger partial charge < -0.3 is 24.4 Å². The summed E-state index contributed by atoms with van der Waals surface area (Å²) in [5, 5.41) is 14.8. The van der Waals surface area contributed by atoms with E-state index in [1.54, 1.807) is 43.9 Å². The minimum absolute atomic E-state index is 0.104. The molecule has 11 heteroatoms. The van der Waals surface area contributed by atoms with E-state index in [1.807, 2.05) is 13.8 Å². The van der Waals surface area contributed by atoms with Crippen molar-refractivity contribution in [1.82, 2.24) is 25.1 Å². The number of tetrazole rings is 1. The Morgan fingerprint density at radius 1 is 1.21 bits per heavy atom. The maximum absolute atomic E-state index is 13.0. The molecule has 0 saturated heterocycles. The van der Waals surface area contributed by atoms with Crippen LogP contribution in [0.25, 0.3) is 0 Å². The lowest BCUT2D eigenvalue weighted by atomic mass is 9.95. The Bertz CT molecular complexity index is 1040. The Balaban J connectivity index is 1.95. The molecule has 1 aliphatic heterocycles. The number of hydrogen-bond acceptors (Lipinski definition) is 9. The minimum atomic E-state index is -0.636. The lowest BCUT2D eigenvalue weighted by Crippen LogP contribution is -2.34. The van der Waals surface area contributed by atoms with Gasteiger partial charge in [0.15, 0.2) is 18.1 Å². The highest BCUT2D eigenvalue weighted by molar-refractivity contribution is 5.92. The number of amides is 1. The number of allylic oxidation sites excluding steroid dienone is 1. The van der Waals surface area contributed by atoms with E-state index in [1.165, 1.54) is 11.8 Å². The summed E-state index contributed by atoms with van der Waals surface area (Å²) in [6.07, 6.45) is -0.289. The van der Waals surface area contributed by atoms with Crippen LogP contribution < -0.4 is 14.8 Å². The fourth-order valence-electron chi connectivity index (χ4n) is 3.64. The molecule has 0 bridgehead atoms. The topological polar surface area (TPSA) is 121 Å². The van der Waals surface area contributed by atoms with E-state index in [4.69, 9.17) is 14.2 Å². The first-order valence-electron chi connectivity index (χ1n) is 10.9. The second-order valence-corrected chi connectivity index (χ2v) is 7.73. The molecule has 0 radical (unpaired) electrons. The minimum Gasteiger partial charge on any atom is -0.493 e. The molecule has 0 saturated carbocycles. The van der Waals surface area contributed by atoms with Gasteiger partial charge in [0.25, 0.3) is 5.91 Å². The molecule has 0 aliphatic carbocycles. The van der Waals surface area contributed by atoms with Crippen LogP contribution in [0.1, 0.15) is 46.2 Å². The van der Waals surface area contributed by atoms with E-state index < -0.39 is 12.0 Å². The van der Waals surface area contributed by atoms with E-state index >= 15 is 0 Å². The highest BCUT2D eigenvalue weighted by Crippen LogP contribution is 2.38. The van der Waals surface area contributed by atoms with Gasteiger partial charge in [-0.3, -0.25) is 4.79 Å². The predicted molar refractivity (Wildman–Crippen MR) is 120 cm³/mol. The average molecular weight is 459 g/mol. The van der Waals surface area contributed by atoms with Crippen molar-refractivity contribution in [3.63, 3.8) is 0 Å². The Morgan fingerprint density at radius 3 is 2.58 bits per heavy atom. The van der Waals surface area contributed by atoms with E-state index in [0.717, 1.165) is 0 Å². The van der Waals surface area contributed by atoms with Crippen molar-refractivity contribution in [3.8, 4) is 11.5 Å². The molecule has 178 valence electrons. The molecule has 1 N–H and O–H groups in total. The van der Waals surface area contributed by atoms with E-state index in [-0.39, 0.29) is 18.6 Å². The second-order valence-electron chi connectivity index (χ2n) is 7.73. The zero-order valence-corrected chi connectivity index (χ0v) is 19.8. The summed E-state index contributed by atoms with van der Waals surface area (Å²) < 4.78 is 18.3. The van der Waals surface area contributed by atoms with Crippen LogP contribution in [-0.4, -0.2) is 69.9 Å². The van der Waals surface area contributed by atoms with Crippen LogP contribution in [0, 0.1) is 0 Å². The first kappa shape index (κ1) is 24.0. The quantitative estimate of drug-likeness (QED) is 0.564. The van der Waals surface area contributed by atoms with Crippen LogP contribution in [0.15, 0.2) is 29.5 Å². The summed E-state index contributed by atoms with van der Waals surface area (Å²) in [6, 6.07) is 4.60. The Hall–Kier alpha value is -3.63. The Labute approximate surface area is 192 Å². The van der Waals surface area contributed by atoms with Gasteiger partial charge in [-0.2, -0.15) is 4.68 Å². The summed E-state index contributed by atoms with van der Waals surface area (Å²) in [5.41, 5.74) is 1.67. The zero-order chi connectivity index (χ0) is 24.1. The number of likely N-dealkylation sites (N-methyl/N-ethyl adjacent to an activating group) is 1. The molecule has 0 fully saturated rings. The highest BCUT2D eigenvalue weighted by atomic mass is 16.5. The third kappa shape index (κ3) is 5.07. The number of esters is 1. The molecule has 1 unspecified atom stereocenters. The number of hydrogen-bond donors (Lipinski definition) is 1. The summed E-state index contributed by atoms with van der Waals surface area (Å²) in [5.74, 6) is 0.662. The molecule has 1 aromatic heterocycles. The maximum Gasteiger partial charge on any atom is 0.338 e. The van der Waals surface area contributed by atoms with Crippen molar-refractivity contribution in [2.24, 2.45) is 0 Å². The van der Waals surface area contributed by atoms with Gasteiger partial charge in [0, 0.05) is 18.8 Å². The molecule has 0 spiro atoms. The largest absolute Gasteiger partial charge is 0.493 e. The highest BCUT2D eigenvalue weighted by Gasteiger charge is 2.35. The third-order valence-corrected chi connectivity index (χ3v) is 5.25. The van der Waals surface area contributed by atoms with Crippen molar-refractivity contribution in [2.45, 2.75) is 46.8 Å². The van der Waals surface area contributed by atoms with Crippen LogP contribution in [0.2, 0.25) is 0 Å². The molecule has 1 atom stereocenters. The van der Waals surface area contributed by atoms with Gasteiger partial charge >= 0.3 is 5.97 Å². The first-order valence-corrected chi connectivity index (χ1v) is 10.9. The van der Waals surface area contributed by atoms with Crippen LogP contribution in [-0.2, 0) is 14.3 Å². The maximum atomic E-state index is 13.0. The fourth-order valence-corrected chi connectivity index (χ4v) is 3.64. The summed E-state index contributed by atoms with van der Waals surface area (Å²) in [7, 11) is 1.51. The number of methoxy groups -OCH3 is 1. The molecule has 11 nitrogen and oxygen atoms in total. The number of aromatic nitrogens is 4. The van der Waals surface area contributed by atoms with Crippen molar-refractivity contribution in [1.29, 1.82) is 0 Å². The predicted octanol–water partition coefficient (Wildman–Crippen LogP) is 2.17. The van der Waals surface area contributed by atoms with Gasteiger partial charge in [-0.25, -0.2) is 4.79 Å². The van der Waals surface area contributed by atoms with Gasteiger partial charge in [0.05, 0.1) is 18.8 Å². The molecule has 1 aromatic carbocycles. The number of ether oxygens (including phenoxy) is 3. The number of fused-ring (bicyclic) bond motifs is 1. The molecular formula is C22H30N6O5. The standard InChI is InChI=1S/C22H30N6O5/c1-7-27(8-2)18(29)12-32-16-10-9-15(11-17(16)31-6)20-19(21(30)33-13(3)4)14(5)23-22-24-25-26-28(20)22/h9-11,13,20H,7-8,12H2,1-6H3,(H,23,24,26). The molecular weight excluding hydrogens is 428 g/mol. The van der Waals surface area contributed by atoms with Gasteiger partial charge in [-0.05, 0) is 62.7 Å². The number of carbonyl (C=O) groups is 2. The van der Waals surface area contributed by atoms with Crippen molar-refractivity contribution >= 4 is 17.8 Å². The Morgan fingerprint density at radius 2 is 1.94 bits per heavy atom. The molecule has 1 aliphatic rings. The van der Waals surface area contributed by atoms with E-state index in [0.29, 0.717) is 47.4 Å². The molecule has 1 amide bonds. The summed E-state index contributed by atoms with van der Waals surface area (Å²) in [6.45, 7) is 10.3. The second kappa shape index (κ2) is 10.3. The summed E-state index contributed by atoms with van der Waals surface area (Å²) in [4.78, 5) is 27.0. The number of rotatable bonds is 9. The van der Waals surface area contributed by atoms with Crippen LogP contribution >= 0.6 is 0 Å². The van der Waals surface area contributed by atoms with Gasteiger partial charge in [-0.15, -0.1) is 0 Å². The monoisotopic (exact) mass is 458 g/mol. The smallest absolute Gasteiger partial charge is 0.338 e. The molecule has 2 aromatic rings. The van der Waals surface area contributed by atoms with E-state index in [2.05, 4.69) is 20.8 Å². The molecule has 3 rings (SSSR count). The number of carbonyl (C=O) groups excluding carboxylic acids is 2. The van der Waals surface area contributed by atoms with Crippen LogP contribution in [0.5, 0.6) is 11.5 Å². The number of nitrogens with zero attached hydrogens (tertiary/aromatic N) is 5. The number of benzene rings is 1. The van der Waals surface area contributed by atoms with Crippen LogP contribution in [0.4, 0.5) is 5.95 Å². The van der Waals surface area contributed by atoms with Gasteiger partial charge in [-0.1, -0.05) is 11.2 Å². The van der Waals surface area contributed by atoms with Crippen molar-refractivity contribution in [3.05, 3.63) is 35.0 Å². The fraction of sp³-hybridized carbons (Fsp3) is 0.500. The lowest BCUT2D eigenvalue weighted by Gasteiger charge is -2.28. The molecule has 33 heavy (non-hydrogen) atoms. The van der Waals surface area contributed by atoms with Crippen LogP contribution in [0.3, 0.4) is 0 Å². The van der Waals surface area contributed by atoms with Crippen molar-refractivity contribution < 1.29 is 23.8 Å². The summed E-state index contributed by atoms with van der Waals surface area (Å²) >= 11 is 0. The van der Waals surface area contributed by atoms with Crippen molar-refractivity contribution in [2.75, 3.05) is 32.1 Å². The lowest BCUT2D eigenvalue weighted by molar-refractivity contribution is -0.143. The normalized spacial score (nSPS) is 15.1. The number of anilines is 1. The third-order valence-electron chi connectivity index (χ3n) is 5.25. The van der Waals surface area contributed by atoms with Gasteiger partial charge in [0.1, 0.15) is 6.04 Å². The first-order chi connectivity index (χ1) is 15.8. The molecule has 2 heterocycles. The zero-order valence-electron chi connectivity index (χ0n) is 19.8. The number of nitrogens with one attached hydrogen (secondary N) is 1. The Kier molecular flexibility index (Phi) is 7.52.